The van der Waals surface area contributed by atoms with E-state index >= 15 is 0 Å². The van der Waals surface area contributed by atoms with Gasteiger partial charge >= 0.3 is 0 Å². The van der Waals surface area contributed by atoms with Crippen LogP contribution in [0.1, 0.15) is 16.7 Å². The van der Waals surface area contributed by atoms with Crippen molar-refractivity contribution in [3.63, 3.8) is 0 Å². The molecule has 0 saturated carbocycles. The predicted molar refractivity (Wildman–Crippen MR) is 138 cm³/mol. The Morgan fingerprint density at radius 2 is 1.52 bits per heavy atom. The lowest BCUT2D eigenvalue weighted by atomic mass is 10.1. The van der Waals surface area contributed by atoms with Gasteiger partial charge in [0.15, 0.2) is 0 Å². The van der Waals surface area contributed by atoms with Crippen LogP contribution >= 0.6 is 35.6 Å². The summed E-state index contributed by atoms with van der Waals surface area (Å²) in [6.45, 7) is 0.804. The van der Waals surface area contributed by atoms with Gasteiger partial charge in [-0.25, -0.2) is 0 Å². The molecular weight excluding hydrogens is 472 g/mol. The van der Waals surface area contributed by atoms with E-state index in [0.29, 0.717) is 39.3 Å². The minimum absolute atomic E-state index is 0.209. The first kappa shape index (κ1) is 21.9. The summed E-state index contributed by atoms with van der Waals surface area (Å²) >= 11 is 13.1. The minimum atomic E-state index is -0.210. The molecule has 1 fully saturated rings. The number of thioether (sulfide) groups is 1. The molecule has 164 valence electrons. The number of thiocarbonyl (C=S) groups is 1. The number of anilines is 1. The van der Waals surface area contributed by atoms with Crippen molar-refractivity contribution in [3.05, 3.63) is 105 Å². The first-order valence-corrected chi connectivity index (χ1v) is 12.1. The summed E-state index contributed by atoms with van der Waals surface area (Å²) in [6, 6.07) is 25.0. The van der Waals surface area contributed by atoms with Gasteiger partial charge in [0.25, 0.3) is 11.8 Å². The number of amides is 2. The summed E-state index contributed by atoms with van der Waals surface area (Å²) in [5.41, 5.74) is 3.91. The summed E-state index contributed by atoms with van der Waals surface area (Å²) in [4.78, 5) is 30.6. The Kier molecular flexibility index (Phi) is 6.06. The summed E-state index contributed by atoms with van der Waals surface area (Å²) in [7, 11) is 0. The molecule has 33 heavy (non-hydrogen) atoms. The van der Waals surface area contributed by atoms with E-state index in [-0.39, 0.29) is 11.8 Å². The Balaban J connectivity index is 1.47. The Bertz CT molecular complexity index is 1310. The van der Waals surface area contributed by atoms with Gasteiger partial charge in [0, 0.05) is 17.1 Å². The molecule has 0 N–H and O–H groups in total. The molecule has 2 heterocycles. The van der Waals surface area contributed by atoms with Crippen molar-refractivity contribution in [2.24, 2.45) is 0 Å². The third kappa shape index (κ3) is 4.10. The largest absolute Gasteiger partial charge is 0.303 e. The fourth-order valence-electron chi connectivity index (χ4n) is 4.08. The summed E-state index contributed by atoms with van der Waals surface area (Å²) < 4.78 is 0.480. The molecule has 0 unspecified atom stereocenters. The fraction of sp³-hybridized carbons (Fsp3) is 0.115. The molecule has 1 saturated heterocycles. The summed E-state index contributed by atoms with van der Waals surface area (Å²) in [6.07, 6.45) is 0.694. The number of nitrogens with zero attached hydrogens (tertiary/aromatic N) is 2. The zero-order valence-electron chi connectivity index (χ0n) is 17.5. The highest BCUT2D eigenvalue weighted by atomic mass is 35.5. The Morgan fingerprint density at radius 3 is 2.30 bits per heavy atom. The first-order valence-electron chi connectivity index (χ1n) is 10.5. The van der Waals surface area contributed by atoms with E-state index in [0.717, 1.165) is 22.4 Å². The van der Waals surface area contributed by atoms with Crippen LogP contribution < -0.4 is 4.90 Å². The van der Waals surface area contributed by atoms with Crippen molar-refractivity contribution in [2.45, 2.75) is 13.0 Å². The highest BCUT2D eigenvalue weighted by Gasteiger charge is 2.41. The molecule has 2 aliphatic rings. The van der Waals surface area contributed by atoms with Gasteiger partial charge in [-0.2, -0.15) is 0 Å². The number of carbonyl (C=O) groups is 2. The van der Waals surface area contributed by atoms with Crippen LogP contribution in [0.2, 0.25) is 5.02 Å². The molecule has 3 aromatic rings. The molecule has 4 nitrogen and oxygen atoms in total. The normalized spacial score (nSPS) is 17.8. The maximum absolute atomic E-state index is 13.6. The lowest BCUT2D eigenvalue weighted by molar-refractivity contribution is -0.122. The molecule has 0 bridgehead atoms. The Morgan fingerprint density at radius 1 is 0.818 bits per heavy atom. The standard InChI is InChI=1S/C26H19ClN2O2S2/c27-20-12-6-4-10-18(20)16-29-21-13-7-5-11-19(21)22(24(29)30)23-25(31)28(26(32)33-23)15-14-17-8-2-1-3-9-17/h1-13H,14-16H2. The summed E-state index contributed by atoms with van der Waals surface area (Å²) in [5.74, 6) is -0.418. The smallest absolute Gasteiger partial charge is 0.267 e. The molecule has 0 radical (unpaired) electrons. The summed E-state index contributed by atoms with van der Waals surface area (Å²) in [5, 5.41) is 0.600. The van der Waals surface area contributed by atoms with Crippen LogP contribution in [0.3, 0.4) is 0 Å². The van der Waals surface area contributed by atoms with Gasteiger partial charge in [0.05, 0.1) is 22.7 Å². The lowest BCUT2D eigenvalue weighted by Gasteiger charge is -2.18. The molecule has 2 amide bonds. The van der Waals surface area contributed by atoms with E-state index in [1.54, 1.807) is 9.80 Å². The zero-order chi connectivity index (χ0) is 22.9. The number of rotatable bonds is 5. The molecular formula is C26H19ClN2O2S2. The quantitative estimate of drug-likeness (QED) is 0.340. The van der Waals surface area contributed by atoms with Crippen LogP contribution in [-0.4, -0.2) is 27.6 Å². The van der Waals surface area contributed by atoms with Gasteiger partial charge in [-0.3, -0.25) is 14.5 Å². The number of hydrogen-bond acceptors (Lipinski definition) is 4. The van der Waals surface area contributed by atoms with Crippen LogP contribution in [0.15, 0.2) is 83.8 Å². The van der Waals surface area contributed by atoms with Crippen molar-refractivity contribution < 1.29 is 9.59 Å². The SMILES string of the molecule is O=C1C(=C2C(=O)N(Cc3ccccc3Cl)c3ccccc32)SC(=S)N1CCc1ccccc1. The van der Waals surface area contributed by atoms with E-state index < -0.39 is 0 Å². The number of fused-ring (bicyclic) bond motifs is 1. The third-order valence-corrected chi connectivity index (χ3v) is 7.57. The van der Waals surface area contributed by atoms with E-state index in [1.165, 1.54) is 11.8 Å². The van der Waals surface area contributed by atoms with Crippen LogP contribution in [0, 0.1) is 0 Å². The van der Waals surface area contributed by atoms with Crippen LogP contribution in [0.5, 0.6) is 0 Å². The number of benzene rings is 3. The second-order valence-electron chi connectivity index (χ2n) is 7.76. The van der Waals surface area contributed by atoms with Crippen molar-refractivity contribution in [1.82, 2.24) is 4.90 Å². The van der Waals surface area contributed by atoms with Crippen molar-refractivity contribution in [2.75, 3.05) is 11.4 Å². The highest BCUT2D eigenvalue weighted by molar-refractivity contribution is 8.26. The topological polar surface area (TPSA) is 40.6 Å². The molecule has 7 heteroatoms. The van der Waals surface area contributed by atoms with Crippen molar-refractivity contribution in [3.8, 4) is 0 Å². The number of hydrogen-bond donors (Lipinski definition) is 0. The molecule has 0 aromatic heterocycles. The third-order valence-electron chi connectivity index (χ3n) is 5.75. The fourth-order valence-corrected chi connectivity index (χ4v) is 5.66. The van der Waals surface area contributed by atoms with Gasteiger partial charge in [-0.1, -0.05) is 102 Å². The molecule has 0 spiro atoms. The van der Waals surface area contributed by atoms with Crippen LogP contribution in [0.4, 0.5) is 5.69 Å². The molecule has 3 aromatic carbocycles. The molecule has 5 rings (SSSR count). The Labute approximate surface area is 206 Å². The number of halogens is 1. The molecule has 2 aliphatic heterocycles. The zero-order valence-corrected chi connectivity index (χ0v) is 19.9. The van der Waals surface area contributed by atoms with Crippen molar-refractivity contribution in [1.29, 1.82) is 0 Å². The average molecular weight is 491 g/mol. The van der Waals surface area contributed by atoms with E-state index in [1.807, 2.05) is 78.9 Å². The predicted octanol–water partition coefficient (Wildman–Crippen LogP) is 5.70. The maximum Gasteiger partial charge on any atom is 0.267 e. The molecule has 0 atom stereocenters. The van der Waals surface area contributed by atoms with Crippen molar-refractivity contribution >= 4 is 63.0 Å². The van der Waals surface area contributed by atoms with Gasteiger partial charge < -0.3 is 4.90 Å². The number of carbonyl (C=O) groups excluding carboxylic acids is 2. The van der Waals surface area contributed by atoms with Crippen LogP contribution in [0.25, 0.3) is 5.57 Å². The van der Waals surface area contributed by atoms with Crippen LogP contribution in [-0.2, 0) is 22.6 Å². The minimum Gasteiger partial charge on any atom is -0.303 e. The van der Waals surface area contributed by atoms with Gasteiger partial charge in [0.1, 0.15) is 4.32 Å². The first-order chi connectivity index (χ1) is 16.0. The van der Waals surface area contributed by atoms with E-state index in [2.05, 4.69) is 0 Å². The highest BCUT2D eigenvalue weighted by Crippen LogP contribution is 2.45. The Hall–Kier alpha value is -2.93. The lowest BCUT2D eigenvalue weighted by Crippen LogP contribution is -2.31. The second-order valence-corrected chi connectivity index (χ2v) is 9.82. The van der Waals surface area contributed by atoms with E-state index in [9.17, 15) is 9.59 Å². The van der Waals surface area contributed by atoms with Gasteiger partial charge in [0.2, 0.25) is 0 Å². The second kappa shape index (κ2) is 9.14. The van der Waals surface area contributed by atoms with E-state index in [4.69, 9.17) is 23.8 Å². The number of para-hydroxylation sites is 1. The maximum atomic E-state index is 13.6. The monoisotopic (exact) mass is 490 g/mol. The van der Waals surface area contributed by atoms with Gasteiger partial charge in [-0.15, -0.1) is 0 Å². The average Bonchev–Trinajstić information content (AvgIpc) is 3.26. The molecule has 0 aliphatic carbocycles. The van der Waals surface area contributed by atoms with Gasteiger partial charge in [-0.05, 0) is 29.7 Å².